The molecule has 100 valence electrons. The monoisotopic (exact) mass is 278 g/mol. The van der Waals surface area contributed by atoms with Crippen LogP contribution in [0.3, 0.4) is 0 Å². The third kappa shape index (κ3) is 2.93. The largest absolute Gasteiger partial charge is 0.376 e. The standard InChI is InChI=1S/C13H15ClN4O/c1-3-18-13(19)12(14)11(8-16-18)17-9(2)10-4-6-15-7-5-10/h4-9,17H,3H2,1-2H3. The highest BCUT2D eigenvalue weighted by Crippen LogP contribution is 2.22. The molecule has 0 aliphatic rings. The van der Waals surface area contributed by atoms with Crippen molar-refractivity contribution in [2.24, 2.45) is 0 Å². The van der Waals surface area contributed by atoms with Crippen molar-refractivity contribution in [2.75, 3.05) is 5.32 Å². The molecular formula is C13H15ClN4O. The summed E-state index contributed by atoms with van der Waals surface area (Å²) in [4.78, 5) is 15.8. The molecule has 1 atom stereocenters. The van der Waals surface area contributed by atoms with Crippen LogP contribution in [-0.4, -0.2) is 14.8 Å². The van der Waals surface area contributed by atoms with Crippen LogP contribution in [-0.2, 0) is 6.54 Å². The molecule has 0 saturated heterocycles. The molecule has 0 aliphatic carbocycles. The Labute approximate surface area is 116 Å². The fourth-order valence-corrected chi connectivity index (χ4v) is 1.96. The average Bonchev–Trinajstić information content (AvgIpc) is 2.45. The van der Waals surface area contributed by atoms with Gasteiger partial charge in [0.2, 0.25) is 0 Å². The minimum atomic E-state index is -0.281. The van der Waals surface area contributed by atoms with Gasteiger partial charge in [0, 0.05) is 25.0 Å². The second-order valence-electron chi connectivity index (χ2n) is 4.14. The molecule has 6 heteroatoms. The van der Waals surface area contributed by atoms with Crippen molar-refractivity contribution in [2.45, 2.75) is 26.4 Å². The molecule has 19 heavy (non-hydrogen) atoms. The summed E-state index contributed by atoms with van der Waals surface area (Å²) in [5.41, 5.74) is 1.32. The summed E-state index contributed by atoms with van der Waals surface area (Å²) in [6.07, 6.45) is 5.02. The van der Waals surface area contributed by atoms with Gasteiger partial charge in [-0.25, -0.2) is 4.68 Å². The van der Waals surface area contributed by atoms with Gasteiger partial charge in [-0.1, -0.05) is 11.6 Å². The second-order valence-corrected chi connectivity index (χ2v) is 4.52. The molecule has 0 amide bonds. The van der Waals surface area contributed by atoms with Crippen molar-refractivity contribution in [3.05, 3.63) is 51.7 Å². The Morgan fingerprint density at radius 1 is 1.42 bits per heavy atom. The third-order valence-corrected chi connectivity index (χ3v) is 3.23. The maximum Gasteiger partial charge on any atom is 0.287 e. The molecule has 2 rings (SSSR count). The summed E-state index contributed by atoms with van der Waals surface area (Å²) < 4.78 is 1.32. The first-order chi connectivity index (χ1) is 9.13. The first kappa shape index (κ1) is 13.5. The van der Waals surface area contributed by atoms with E-state index in [9.17, 15) is 4.79 Å². The first-order valence-electron chi connectivity index (χ1n) is 6.05. The lowest BCUT2D eigenvalue weighted by atomic mass is 10.1. The Morgan fingerprint density at radius 2 is 2.11 bits per heavy atom. The van der Waals surface area contributed by atoms with E-state index in [2.05, 4.69) is 15.4 Å². The lowest BCUT2D eigenvalue weighted by Gasteiger charge is -2.16. The van der Waals surface area contributed by atoms with Gasteiger partial charge < -0.3 is 5.32 Å². The lowest BCUT2D eigenvalue weighted by molar-refractivity contribution is 0.615. The molecule has 0 saturated carbocycles. The van der Waals surface area contributed by atoms with Crippen molar-refractivity contribution in [3.63, 3.8) is 0 Å². The number of aromatic nitrogens is 3. The van der Waals surface area contributed by atoms with Gasteiger partial charge in [0.15, 0.2) is 0 Å². The van der Waals surface area contributed by atoms with Crippen molar-refractivity contribution in [1.82, 2.24) is 14.8 Å². The van der Waals surface area contributed by atoms with Gasteiger partial charge in [-0.3, -0.25) is 9.78 Å². The molecule has 1 unspecified atom stereocenters. The molecule has 2 heterocycles. The highest BCUT2D eigenvalue weighted by atomic mass is 35.5. The van der Waals surface area contributed by atoms with Gasteiger partial charge >= 0.3 is 0 Å². The number of hydrogen-bond acceptors (Lipinski definition) is 4. The lowest BCUT2D eigenvalue weighted by Crippen LogP contribution is -2.23. The van der Waals surface area contributed by atoms with Gasteiger partial charge in [-0.05, 0) is 31.5 Å². The minimum Gasteiger partial charge on any atom is -0.376 e. The summed E-state index contributed by atoms with van der Waals surface area (Å²) in [5.74, 6) is 0. The topological polar surface area (TPSA) is 59.8 Å². The summed E-state index contributed by atoms with van der Waals surface area (Å²) in [5, 5.41) is 7.40. The maximum atomic E-state index is 11.9. The zero-order chi connectivity index (χ0) is 13.8. The quantitative estimate of drug-likeness (QED) is 0.933. The molecule has 2 aromatic rings. The van der Waals surface area contributed by atoms with Gasteiger partial charge in [0.05, 0.1) is 11.9 Å². The predicted molar refractivity (Wildman–Crippen MR) is 75.5 cm³/mol. The van der Waals surface area contributed by atoms with E-state index in [-0.39, 0.29) is 16.6 Å². The Morgan fingerprint density at radius 3 is 2.74 bits per heavy atom. The Balaban J connectivity index is 2.25. The number of anilines is 1. The van der Waals surface area contributed by atoms with E-state index in [1.807, 2.05) is 26.0 Å². The highest BCUT2D eigenvalue weighted by molar-refractivity contribution is 6.32. The van der Waals surface area contributed by atoms with Crippen LogP contribution in [0.2, 0.25) is 5.02 Å². The second kappa shape index (κ2) is 5.84. The predicted octanol–water partition coefficient (Wildman–Crippen LogP) is 2.48. The summed E-state index contributed by atoms with van der Waals surface area (Å²) in [7, 11) is 0. The van der Waals surface area contributed by atoms with Crippen LogP contribution in [0.5, 0.6) is 0 Å². The van der Waals surface area contributed by atoms with Gasteiger partial charge in [-0.15, -0.1) is 0 Å². The molecule has 2 aromatic heterocycles. The van der Waals surface area contributed by atoms with Crippen LogP contribution < -0.4 is 10.9 Å². The van der Waals surface area contributed by atoms with Crippen LogP contribution in [0, 0.1) is 0 Å². The number of halogens is 1. The molecule has 0 fully saturated rings. The number of nitrogens with one attached hydrogen (secondary N) is 1. The smallest absolute Gasteiger partial charge is 0.287 e. The van der Waals surface area contributed by atoms with E-state index in [0.29, 0.717) is 12.2 Å². The van der Waals surface area contributed by atoms with Crippen LogP contribution in [0.4, 0.5) is 5.69 Å². The normalized spacial score (nSPS) is 12.2. The molecular weight excluding hydrogens is 264 g/mol. The highest BCUT2D eigenvalue weighted by Gasteiger charge is 2.11. The third-order valence-electron chi connectivity index (χ3n) is 2.86. The van der Waals surface area contributed by atoms with Crippen LogP contribution >= 0.6 is 11.6 Å². The van der Waals surface area contributed by atoms with E-state index in [4.69, 9.17) is 11.6 Å². The Kier molecular flexibility index (Phi) is 4.16. The van der Waals surface area contributed by atoms with E-state index in [1.54, 1.807) is 18.6 Å². The van der Waals surface area contributed by atoms with Crippen molar-refractivity contribution in [3.8, 4) is 0 Å². The number of hydrogen-bond donors (Lipinski definition) is 1. The van der Waals surface area contributed by atoms with Crippen molar-refractivity contribution >= 4 is 17.3 Å². The van der Waals surface area contributed by atoms with Gasteiger partial charge in [-0.2, -0.15) is 5.10 Å². The molecule has 5 nitrogen and oxygen atoms in total. The Bertz CT molecular complexity index is 612. The average molecular weight is 279 g/mol. The van der Waals surface area contributed by atoms with Crippen molar-refractivity contribution in [1.29, 1.82) is 0 Å². The zero-order valence-corrected chi connectivity index (χ0v) is 11.6. The van der Waals surface area contributed by atoms with Gasteiger partial charge in [0.25, 0.3) is 5.56 Å². The minimum absolute atomic E-state index is 0.0131. The van der Waals surface area contributed by atoms with E-state index < -0.39 is 0 Å². The number of pyridine rings is 1. The van der Waals surface area contributed by atoms with Crippen LogP contribution in [0.25, 0.3) is 0 Å². The van der Waals surface area contributed by atoms with E-state index in [0.717, 1.165) is 5.56 Å². The van der Waals surface area contributed by atoms with E-state index >= 15 is 0 Å². The molecule has 0 spiro atoms. The van der Waals surface area contributed by atoms with Crippen molar-refractivity contribution < 1.29 is 0 Å². The molecule has 1 N–H and O–H groups in total. The summed E-state index contributed by atoms with van der Waals surface area (Å²) >= 11 is 6.06. The van der Waals surface area contributed by atoms with Crippen LogP contribution in [0.15, 0.2) is 35.5 Å². The molecule has 0 bridgehead atoms. The number of rotatable bonds is 4. The number of nitrogens with zero attached hydrogens (tertiary/aromatic N) is 3. The molecule has 0 aromatic carbocycles. The fourth-order valence-electron chi connectivity index (χ4n) is 1.76. The van der Waals surface area contributed by atoms with Gasteiger partial charge in [0.1, 0.15) is 5.02 Å². The first-order valence-corrected chi connectivity index (χ1v) is 6.43. The number of aryl methyl sites for hydroxylation is 1. The summed E-state index contributed by atoms with van der Waals surface area (Å²) in [6, 6.07) is 3.83. The zero-order valence-electron chi connectivity index (χ0n) is 10.8. The Hall–Kier alpha value is -1.88. The fraction of sp³-hybridized carbons (Fsp3) is 0.308. The van der Waals surface area contributed by atoms with Crippen LogP contribution in [0.1, 0.15) is 25.5 Å². The summed E-state index contributed by atoms with van der Waals surface area (Å²) in [6.45, 7) is 4.33. The SMILES string of the molecule is CCn1ncc(NC(C)c2ccncc2)c(Cl)c1=O. The van der Waals surface area contributed by atoms with E-state index in [1.165, 1.54) is 4.68 Å². The molecule has 0 radical (unpaired) electrons. The maximum absolute atomic E-state index is 11.9. The molecule has 0 aliphatic heterocycles.